The molecule has 1 aromatic heterocycles. The number of aryl methyl sites for hydroxylation is 1. The lowest BCUT2D eigenvalue weighted by atomic mass is 10.0. The summed E-state index contributed by atoms with van der Waals surface area (Å²) in [5.74, 6) is 0.168. The number of amides is 1. The van der Waals surface area contributed by atoms with E-state index in [2.05, 4.69) is 24.1 Å². The summed E-state index contributed by atoms with van der Waals surface area (Å²) in [6.45, 7) is 6.17. The van der Waals surface area contributed by atoms with Gasteiger partial charge in [0.1, 0.15) is 0 Å². The number of fused-ring (bicyclic) bond motifs is 1. The van der Waals surface area contributed by atoms with Crippen LogP contribution in [0, 0.1) is 6.92 Å². The molecule has 1 N–H and O–H groups in total. The quantitative estimate of drug-likeness (QED) is 0.746. The summed E-state index contributed by atoms with van der Waals surface area (Å²) < 4.78 is 0. The highest BCUT2D eigenvalue weighted by Crippen LogP contribution is 2.23. The second-order valence-corrected chi connectivity index (χ2v) is 6.09. The number of anilines is 1. The minimum absolute atomic E-state index is 0.101. The second kappa shape index (κ2) is 6.21. The van der Waals surface area contributed by atoms with Crippen LogP contribution in [0.15, 0.2) is 54.6 Å². The van der Waals surface area contributed by atoms with E-state index >= 15 is 0 Å². The molecule has 0 radical (unpaired) electrons. The minimum Gasteiger partial charge on any atom is -0.322 e. The van der Waals surface area contributed by atoms with E-state index in [1.807, 2.05) is 61.5 Å². The molecule has 0 aliphatic heterocycles. The van der Waals surface area contributed by atoms with Gasteiger partial charge >= 0.3 is 0 Å². The van der Waals surface area contributed by atoms with Crippen molar-refractivity contribution >= 4 is 22.5 Å². The van der Waals surface area contributed by atoms with Crippen molar-refractivity contribution in [2.24, 2.45) is 0 Å². The largest absolute Gasteiger partial charge is 0.322 e. The van der Waals surface area contributed by atoms with Crippen molar-refractivity contribution in [3.63, 3.8) is 0 Å². The lowest BCUT2D eigenvalue weighted by Gasteiger charge is -2.12. The summed E-state index contributed by atoms with van der Waals surface area (Å²) in [5, 5.41) is 3.87. The topological polar surface area (TPSA) is 42.0 Å². The summed E-state index contributed by atoms with van der Waals surface area (Å²) >= 11 is 0. The molecule has 1 amide bonds. The first-order valence-electron chi connectivity index (χ1n) is 7.82. The number of benzene rings is 2. The van der Waals surface area contributed by atoms with Crippen LogP contribution in [0.2, 0.25) is 0 Å². The molecule has 0 saturated carbocycles. The van der Waals surface area contributed by atoms with Crippen molar-refractivity contribution < 1.29 is 4.79 Å². The van der Waals surface area contributed by atoms with Crippen LogP contribution >= 0.6 is 0 Å². The van der Waals surface area contributed by atoms with Gasteiger partial charge in [-0.05, 0) is 42.7 Å². The predicted molar refractivity (Wildman–Crippen MR) is 95.0 cm³/mol. The molecule has 23 heavy (non-hydrogen) atoms. The molecule has 0 atom stereocenters. The Hall–Kier alpha value is -2.68. The van der Waals surface area contributed by atoms with Crippen LogP contribution in [0.1, 0.15) is 41.4 Å². The highest BCUT2D eigenvalue weighted by molar-refractivity contribution is 6.12. The van der Waals surface area contributed by atoms with Gasteiger partial charge in [0.05, 0.1) is 11.1 Å². The van der Waals surface area contributed by atoms with Crippen molar-refractivity contribution in [1.29, 1.82) is 0 Å². The van der Waals surface area contributed by atoms with Crippen molar-refractivity contribution in [1.82, 2.24) is 4.98 Å². The second-order valence-electron chi connectivity index (χ2n) is 6.09. The lowest BCUT2D eigenvalue weighted by molar-refractivity contribution is 0.102. The molecule has 0 fully saturated rings. The van der Waals surface area contributed by atoms with E-state index in [1.165, 1.54) is 0 Å². The highest BCUT2D eigenvalue weighted by atomic mass is 16.1. The molecule has 116 valence electrons. The summed E-state index contributed by atoms with van der Waals surface area (Å²) in [6.07, 6.45) is 0. The molecule has 3 heteroatoms. The third kappa shape index (κ3) is 3.24. The molecule has 0 bridgehead atoms. The monoisotopic (exact) mass is 304 g/mol. The molecule has 0 saturated heterocycles. The molecule has 3 nitrogen and oxygen atoms in total. The number of nitrogens with zero attached hydrogens (tertiary/aromatic N) is 1. The maximum Gasteiger partial charge on any atom is 0.256 e. The first-order valence-corrected chi connectivity index (χ1v) is 7.82. The molecule has 3 rings (SSSR count). The number of carbonyl (C=O) groups is 1. The number of rotatable bonds is 3. The van der Waals surface area contributed by atoms with E-state index in [9.17, 15) is 4.79 Å². The number of hydrogen-bond acceptors (Lipinski definition) is 2. The summed E-state index contributed by atoms with van der Waals surface area (Å²) in [7, 11) is 0. The van der Waals surface area contributed by atoms with Crippen molar-refractivity contribution in [2.45, 2.75) is 26.7 Å². The van der Waals surface area contributed by atoms with E-state index in [-0.39, 0.29) is 11.8 Å². The predicted octanol–water partition coefficient (Wildman–Crippen LogP) is 4.92. The fraction of sp³-hybridized carbons (Fsp3) is 0.200. The standard InChI is InChI=1S/C20H20N2O/c1-13(2)19-12-17(16-9-4-5-10-18(16)22-19)20(23)21-15-8-6-7-14(3)11-15/h4-13H,1-3H3,(H,21,23). The Kier molecular flexibility index (Phi) is 4.11. The zero-order valence-corrected chi connectivity index (χ0v) is 13.6. The van der Waals surface area contributed by atoms with Crippen molar-refractivity contribution in [2.75, 3.05) is 5.32 Å². The number of nitrogens with one attached hydrogen (secondary N) is 1. The Labute approximate surface area is 136 Å². The smallest absolute Gasteiger partial charge is 0.256 e. The minimum atomic E-state index is -0.101. The molecule has 1 heterocycles. The van der Waals surface area contributed by atoms with Gasteiger partial charge in [-0.25, -0.2) is 0 Å². The van der Waals surface area contributed by atoms with E-state index in [0.29, 0.717) is 5.56 Å². The van der Waals surface area contributed by atoms with Crippen LogP contribution < -0.4 is 5.32 Å². The number of carbonyl (C=O) groups excluding carboxylic acids is 1. The number of aromatic nitrogens is 1. The Morgan fingerprint density at radius 3 is 2.57 bits per heavy atom. The van der Waals surface area contributed by atoms with Crippen LogP contribution in [-0.2, 0) is 0 Å². The number of para-hydroxylation sites is 1. The molecule has 0 spiro atoms. The fourth-order valence-corrected chi connectivity index (χ4v) is 2.60. The Balaban J connectivity index is 2.05. The van der Waals surface area contributed by atoms with Gasteiger partial charge in [0.2, 0.25) is 0 Å². The van der Waals surface area contributed by atoms with Crippen molar-refractivity contribution in [3.8, 4) is 0 Å². The van der Waals surface area contributed by atoms with E-state index < -0.39 is 0 Å². The van der Waals surface area contributed by atoms with Gasteiger partial charge in [0.15, 0.2) is 0 Å². The van der Waals surface area contributed by atoms with Gasteiger partial charge < -0.3 is 5.32 Å². The zero-order chi connectivity index (χ0) is 16.4. The van der Waals surface area contributed by atoms with Gasteiger partial charge in [-0.3, -0.25) is 9.78 Å². The maximum atomic E-state index is 12.8. The molecule has 3 aromatic rings. The average molecular weight is 304 g/mol. The molecule has 0 unspecified atom stereocenters. The van der Waals surface area contributed by atoms with Crippen LogP contribution in [0.3, 0.4) is 0 Å². The summed E-state index contributed by atoms with van der Waals surface area (Å²) in [5.41, 5.74) is 4.37. The normalized spacial score (nSPS) is 11.0. The molecule has 2 aromatic carbocycles. The summed E-state index contributed by atoms with van der Waals surface area (Å²) in [6, 6.07) is 17.5. The molecular weight excluding hydrogens is 284 g/mol. The maximum absolute atomic E-state index is 12.8. The first kappa shape index (κ1) is 15.2. The van der Waals surface area contributed by atoms with Crippen molar-refractivity contribution in [3.05, 3.63) is 71.4 Å². The van der Waals surface area contributed by atoms with Gasteiger partial charge in [-0.15, -0.1) is 0 Å². The summed E-state index contributed by atoms with van der Waals surface area (Å²) in [4.78, 5) is 17.4. The van der Waals surface area contributed by atoms with Gasteiger partial charge in [0.25, 0.3) is 5.91 Å². The number of pyridine rings is 1. The Morgan fingerprint density at radius 2 is 1.83 bits per heavy atom. The van der Waals surface area contributed by atoms with Gasteiger partial charge in [-0.2, -0.15) is 0 Å². The van der Waals surface area contributed by atoms with E-state index in [0.717, 1.165) is 27.8 Å². The fourth-order valence-electron chi connectivity index (χ4n) is 2.60. The molecule has 0 aliphatic rings. The Morgan fingerprint density at radius 1 is 1.04 bits per heavy atom. The van der Waals surface area contributed by atoms with E-state index in [1.54, 1.807) is 0 Å². The number of hydrogen-bond donors (Lipinski definition) is 1. The highest BCUT2D eigenvalue weighted by Gasteiger charge is 2.14. The van der Waals surface area contributed by atoms with Crippen LogP contribution in [0.25, 0.3) is 10.9 Å². The van der Waals surface area contributed by atoms with Gasteiger partial charge in [-0.1, -0.05) is 44.2 Å². The average Bonchev–Trinajstić information content (AvgIpc) is 2.53. The van der Waals surface area contributed by atoms with Crippen LogP contribution in [0.5, 0.6) is 0 Å². The molecular formula is C20H20N2O. The lowest BCUT2D eigenvalue weighted by Crippen LogP contribution is -2.13. The van der Waals surface area contributed by atoms with E-state index in [4.69, 9.17) is 0 Å². The first-order chi connectivity index (χ1) is 11.0. The van der Waals surface area contributed by atoms with Crippen LogP contribution in [-0.4, -0.2) is 10.9 Å². The zero-order valence-electron chi connectivity index (χ0n) is 13.6. The molecule has 0 aliphatic carbocycles. The van der Waals surface area contributed by atoms with Gasteiger partial charge in [0, 0.05) is 16.8 Å². The van der Waals surface area contributed by atoms with Crippen LogP contribution in [0.4, 0.5) is 5.69 Å². The third-order valence-corrected chi connectivity index (χ3v) is 3.85. The Bertz CT molecular complexity index is 868. The third-order valence-electron chi connectivity index (χ3n) is 3.85. The SMILES string of the molecule is Cc1cccc(NC(=O)c2cc(C(C)C)nc3ccccc23)c1.